The fraction of sp³-hybridized carbons (Fsp3) is 0.421. The average molecular weight is 459 g/mol. The summed E-state index contributed by atoms with van der Waals surface area (Å²) in [5, 5.41) is 6.00. The minimum atomic E-state index is -0.411. The number of amides is 1. The van der Waals surface area contributed by atoms with Crippen LogP contribution in [0.3, 0.4) is 0 Å². The molecular weight excluding hydrogens is 439 g/mol. The molecular formula is C19H20Cl2N2O3S2. The average Bonchev–Trinajstić information content (AvgIpc) is 3.34. The van der Waals surface area contributed by atoms with Crippen molar-refractivity contribution in [3.05, 3.63) is 44.9 Å². The molecule has 1 fully saturated rings. The normalized spacial score (nSPS) is 15.4. The molecule has 0 aliphatic heterocycles. The predicted molar refractivity (Wildman–Crippen MR) is 116 cm³/mol. The number of benzene rings is 1. The summed E-state index contributed by atoms with van der Waals surface area (Å²) >= 11 is 15.2. The van der Waals surface area contributed by atoms with Crippen LogP contribution in [0.5, 0.6) is 0 Å². The SMILES string of the molecule is COC(=O)Cc1csc(NC(=O)C(SC2CCCC2)c2ccc(Cl)c(Cl)c2)n1. The summed E-state index contributed by atoms with van der Waals surface area (Å²) in [5.41, 5.74) is 1.39. The molecule has 1 heterocycles. The Labute approximate surface area is 182 Å². The number of thiazole rings is 1. The van der Waals surface area contributed by atoms with E-state index in [9.17, 15) is 9.59 Å². The molecule has 9 heteroatoms. The fourth-order valence-electron chi connectivity index (χ4n) is 3.02. The molecule has 1 aromatic heterocycles. The Hall–Kier alpha value is -1.28. The smallest absolute Gasteiger partial charge is 0.311 e. The van der Waals surface area contributed by atoms with E-state index in [0.717, 1.165) is 18.4 Å². The molecule has 1 amide bonds. The van der Waals surface area contributed by atoms with Crippen LogP contribution in [0.1, 0.15) is 42.2 Å². The third-order valence-electron chi connectivity index (χ3n) is 4.45. The van der Waals surface area contributed by atoms with Gasteiger partial charge in [-0.2, -0.15) is 0 Å². The van der Waals surface area contributed by atoms with Crippen molar-refractivity contribution in [3.63, 3.8) is 0 Å². The van der Waals surface area contributed by atoms with E-state index < -0.39 is 5.25 Å². The van der Waals surface area contributed by atoms with Gasteiger partial charge in [0, 0.05) is 10.6 Å². The topological polar surface area (TPSA) is 68.3 Å². The molecule has 3 rings (SSSR count). The van der Waals surface area contributed by atoms with Crippen LogP contribution >= 0.6 is 46.3 Å². The van der Waals surface area contributed by atoms with Gasteiger partial charge in [-0.1, -0.05) is 42.1 Å². The van der Waals surface area contributed by atoms with Crippen LogP contribution in [0, 0.1) is 0 Å². The van der Waals surface area contributed by atoms with Crippen molar-refractivity contribution in [2.24, 2.45) is 0 Å². The Balaban J connectivity index is 1.75. The standard InChI is InChI=1S/C19H20Cl2N2O3S2/c1-26-16(24)9-12-10-27-19(22-12)23-18(25)17(28-13-4-2-3-5-13)11-6-7-14(20)15(21)8-11/h6-8,10,13,17H,2-5,9H2,1H3,(H,22,23,25). The summed E-state index contributed by atoms with van der Waals surface area (Å²) in [5.74, 6) is -0.525. The summed E-state index contributed by atoms with van der Waals surface area (Å²) in [4.78, 5) is 28.7. The number of nitrogens with zero attached hydrogens (tertiary/aromatic N) is 1. The number of halogens is 2. The van der Waals surface area contributed by atoms with Crippen molar-refractivity contribution in [3.8, 4) is 0 Å². The summed E-state index contributed by atoms with van der Waals surface area (Å²) in [7, 11) is 1.33. The van der Waals surface area contributed by atoms with Gasteiger partial charge in [0.05, 0.1) is 29.3 Å². The zero-order valence-corrected chi connectivity index (χ0v) is 18.4. The quantitative estimate of drug-likeness (QED) is 0.552. The Kier molecular flexibility index (Phi) is 7.62. The Morgan fingerprint density at radius 3 is 2.75 bits per heavy atom. The maximum Gasteiger partial charge on any atom is 0.311 e. The number of anilines is 1. The molecule has 0 bridgehead atoms. The monoisotopic (exact) mass is 458 g/mol. The third-order valence-corrected chi connectivity index (χ3v) is 7.61. The second-order valence-corrected chi connectivity index (χ2v) is 9.57. The second-order valence-electron chi connectivity index (χ2n) is 6.48. The highest BCUT2D eigenvalue weighted by Crippen LogP contribution is 2.41. The van der Waals surface area contributed by atoms with Gasteiger partial charge in [-0.05, 0) is 30.5 Å². The summed E-state index contributed by atoms with van der Waals surface area (Å²) in [6, 6.07) is 5.30. The van der Waals surface area contributed by atoms with Crippen molar-refractivity contribution in [2.45, 2.75) is 42.6 Å². The molecule has 1 aromatic carbocycles. The molecule has 5 nitrogen and oxygen atoms in total. The molecule has 1 N–H and O–H groups in total. The molecule has 0 saturated heterocycles. The zero-order valence-electron chi connectivity index (χ0n) is 15.2. The number of aromatic nitrogens is 1. The van der Waals surface area contributed by atoms with E-state index in [1.807, 2.05) is 6.07 Å². The van der Waals surface area contributed by atoms with Crippen LogP contribution in [0.2, 0.25) is 10.0 Å². The van der Waals surface area contributed by atoms with Crippen LogP contribution in [0.4, 0.5) is 5.13 Å². The number of rotatable bonds is 7. The largest absolute Gasteiger partial charge is 0.469 e. The van der Waals surface area contributed by atoms with E-state index in [4.69, 9.17) is 23.2 Å². The molecule has 150 valence electrons. The van der Waals surface area contributed by atoms with E-state index in [1.54, 1.807) is 29.3 Å². The van der Waals surface area contributed by atoms with Gasteiger partial charge in [-0.3, -0.25) is 9.59 Å². The van der Waals surface area contributed by atoms with Crippen LogP contribution in [-0.4, -0.2) is 29.2 Å². The van der Waals surface area contributed by atoms with Gasteiger partial charge in [0.25, 0.3) is 0 Å². The molecule has 2 aromatic rings. The van der Waals surface area contributed by atoms with Gasteiger partial charge in [0.1, 0.15) is 5.25 Å². The highest BCUT2D eigenvalue weighted by Gasteiger charge is 2.28. The second kappa shape index (κ2) is 9.96. The number of ether oxygens (including phenoxy) is 1. The molecule has 1 unspecified atom stereocenters. The minimum absolute atomic E-state index is 0.0793. The maximum absolute atomic E-state index is 13.1. The number of carbonyl (C=O) groups excluding carboxylic acids is 2. The first-order chi connectivity index (χ1) is 13.5. The number of carbonyl (C=O) groups is 2. The highest BCUT2D eigenvalue weighted by atomic mass is 35.5. The van der Waals surface area contributed by atoms with Gasteiger partial charge in [0.15, 0.2) is 5.13 Å². The van der Waals surface area contributed by atoms with Crippen molar-refractivity contribution in [2.75, 3.05) is 12.4 Å². The number of esters is 1. The lowest BCUT2D eigenvalue weighted by atomic mass is 10.1. The zero-order chi connectivity index (χ0) is 20.1. The van der Waals surface area contributed by atoms with Crippen LogP contribution < -0.4 is 5.32 Å². The van der Waals surface area contributed by atoms with E-state index in [0.29, 0.717) is 26.1 Å². The molecule has 1 aliphatic rings. The van der Waals surface area contributed by atoms with Crippen molar-refractivity contribution in [1.29, 1.82) is 0 Å². The molecule has 1 saturated carbocycles. The summed E-state index contributed by atoms with van der Waals surface area (Å²) in [6.45, 7) is 0. The number of thioether (sulfide) groups is 1. The first-order valence-corrected chi connectivity index (χ1v) is 11.5. The fourth-order valence-corrected chi connectivity index (χ4v) is 5.52. The van der Waals surface area contributed by atoms with Gasteiger partial charge in [-0.25, -0.2) is 4.98 Å². The summed E-state index contributed by atoms with van der Waals surface area (Å²) in [6.07, 6.45) is 4.68. The van der Waals surface area contributed by atoms with E-state index in [1.165, 1.54) is 31.3 Å². The van der Waals surface area contributed by atoms with E-state index in [2.05, 4.69) is 15.0 Å². The maximum atomic E-state index is 13.1. The van der Waals surface area contributed by atoms with Gasteiger partial charge in [0.2, 0.25) is 5.91 Å². The van der Waals surface area contributed by atoms with Crippen LogP contribution in [0.25, 0.3) is 0 Å². The first-order valence-electron chi connectivity index (χ1n) is 8.88. The number of nitrogens with one attached hydrogen (secondary N) is 1. The predicted octanol–water partition coefficient (Wildman–Crippen LogP) is 5.52. The lowest BCUT2D eigenvalue weighted by Crippen LogP contribution is -2.21. The number of hydrogen-bond donors (Lipinski definition) is 1. The minimum Gasteiger partial charge on any atom is -0.469 e. The Morgan fingerprint density at radius 1 is 1.32 bits per heavy atom. The number of methoxy groups -OCH3 is 1. The van der Waals surface area contributed by atoms with Crippen molar-refractivity contribution >= 4 is 63.3 Å². The lowest BCUT2D eigenvalue weighted by Gasteiger charge is -2.20. The van der Waals surface area contributed by atoms with Crippen LogP contribution in [0.15, 0.2) is 23.6 Å². The van der Waals surface area contributed by atoms with E-state index in [-0.39, 0.29) is 18.3 Å². The van der Waals surface area contributed by atoms with Gasteiger partial charge >= 0.3 is 5.97 Å². The first kappa shape index (κ1) is 21.4. The summed E-state index contributed by atoms with van der Waals surface area (Å²) < 4.78 is 4.65. The Morgan fingerprint density at radius 2 is 2.07 bits per heavy atom. The van der Waals surface area contributed by atoms with Crippen molar-refractivity contribution < 1.29 is 14.3 Å². The molecule has 28 heavy (non-hydrogen) atoms. The highest BCUT2D eigenvalue weighted by molar-refractivity contribution is 8.00. The van der Waals surface area contributed by atoms with Crippen LogP contribution in [-0.2, 0) is 20.7 Å². The lowest BCUT2D eigenvalue weighted by molar-refractivity contribution is -0.139. The molecule has 0 spiro atoms. The van der Waals surface area contributed by atoms with Gasteiger partial charge in [-0.15, -0.1) is 23.1 Å². The van der Waals surface area contributed by atoms with Crippen molar-refractivity contribution in [1.82, 2.24) is 4.98 Å². The third kappa shape index (κ3) is 5.63. The number of hydrogen-bond acceptors (Lipinski definition) is 6. The van der Waals surface area contributed by atoms with E-state index >= 15 is 0 Å². The Bertz CT molecular complexity index is 853. The van der Waals surface area contributed by atoms with Gasteiger partial charge < -0.3 is 10.1 Å². The molecule has 0 radical (unpaired) electrons. The molecule has 1 aliphatic carbocycles. The molecule has 1 atom stereocenters.